The van der Waals surface area contributed by atoms with E-state index in [9.17, 15) is 0 Å². The van der Waals surface area contributed by atoms with E-state index in [1.807, 2.05) is 6.07 Å². The lowest BCUT2D eigenvalue weighted by Crippen LogP contribution is -2.12. The molecule has 0 bridgehead atoms. The Hall–Kier alpha value is -1.54. The van der Waals surface area contributed by atoms with Crippen molar-refractivity contribution in [2.24, 2.45) is 0 Å². The quantitative estimate of drug-likeness (QED) is 0.723. The van der Waals surface area contributed by atoms with Gasteiger partial charge in [0.25, 0.3) is 0 Å². The number of alkyl halides is 1. The van der Waals surface area contributed by atoms with Crippen LogP contribution in [0.4, 0.5) is 0 Å². The Labute approximate surface area is 125 Å². The van der Waals surface area contributed by atoms with E-state index in [-0.39, 0.29) is 5.41 Å². The van der Waals surface area contributed by atoms with Crippen molar-refractivity contribution in [2.75, 3.05) is 0 Å². The van der Waals surface area contributed by atoms with Crippen molar-refractivity contribution in [3.8, 4) is 11.5 Å². The van der Waals surface area contributed by atoms with Crippen molar-refractivity contribution in [1.82, 2.24) is 4.98 Å². The van der Waals surface area contributed by atoms with Gasteiger partial charge in [-0.05, 0) is 30.0 Å². The van der Waals surface area contributed by atoms with Gasteiger partial charge in [-0.1, -0.05) is 32.9 Å². The minimum absolute atomic E-state index is 0.0202. The fourth-order valence-electron chi connectivity index (χ4n) is 2.06. The third-order valence-electron chi connectivity index (χ3n) is 3.18. The molecule has 2 rings (SSSR count). The van der Waals surface area contributed by atoms with Crippen molar-refractivity contribution < 1.29 is 4.74 Å². The monoisotopic (exact) mass is 289 g/mol. The maximum Gasteiger partial charge on any atom is 0.150 e. The maximum atomic E-state index is 6.09. The van der Waals surface area contributed by atoms with Crippen molar-refractivity contribution >= 4 is 11.6 Å². The standard InChI is InChI=1S/C17H20ClNO/c1-12-5-6-14(17(2,3)4)15(9-12)20-16-11-19-8-7-13(16)10-18/h5-9,11H,10H2,1-4H3. The lowest BCUT2D eigenvalue weighted by molar-refractivity contribution is 0.450. The Kier molecular flexibility index (Phi) is 4.34. The first-order valence-electron chi connectivity index (χ1n) is 6.69. The van der Waals surface area contributed by atoms with Gasteiger partial charge in [-0.25, -0.2) is 0 Å². The van der Waals surface area contributed by atoms with Crippen molar-refractivity contribution in [1.29, 1.82) is 0 Å². The minimum Gasteiger partial charge on any atom is -0.455 e. The summed E-state index contributed by atoms with van der Waals surface area (Å²) < 4.78 is 6.09. The van der Waals surface area contributed by atoms with E-state index in [2.05, 4.69) is 50.9 Å². The SMILES string of the molecule is Cc1ccc(C(C)(C)C)c(Oc2cnccc2CCl)c1. The first kappa shape index (κ1) is 14.9. The smallest absolute Gasteiger partial charge is 0.150 e. The number of rotatable bonds is 3. The van der Waals surface area contributed by atoms with E-state index in [4.69, 9.17) is 16.3 Å². The zero-order valence-corrected chi connectivity index (χ0v) is 13.2. The average molecular weight is 290 g/mol. The third kappa shape index (κ3) is 3.31. The number of hydrogen-bond acceptors (Lipinski definition) is 2. The van der Waals surface area contributed by atoms with Crippen LogP contribution in [0.15, 0.2) is 36.7 Å². The van der Waals surface area contributed by atoms with Crippen molar-refractivity contribution in [3.05, 3.63) is 53.3 Å². The highest BCUT2D eigenvalue weighted by atomic mass is 35.5. The second-order valence-corrected chi connectivity index (χ2v) is 6.24. The second-order valence-electron chi connectivity index (χ2n) is 5.97. The summed E-state index contributed by atoms with van der Waals surface area (Å²) in [4.78, 5) is 4.12. The molecule has 0 aliphatic heterocycles. The molecule has 0 spiro atoms. The zero-order valence-electron chi connectivity index (χ0n) is 12.4. The lowest BCUT2D eigenvalue weighted by Gasteiger charge is -2.23. The van der Waals surface area contributed by atoms with Gasteiger partial charge in [-0.3, -0.25) is 4.98 Å². The molecule has 1 heterocycles. The number of pyridine rings is 1. The van der Waals surface area contributed by atoms with Gasteiger partial charge in [0, 0.05) is 17.3 Å². The summed E-state index contributed by atoms with van der Waals surface area (Å²) in [7, 11) is 0. The first-order valence-corrected chi connectivity index (χ1v) is 7.23. The summed E-state index contributed by atoms with van der Waals surface area (Å²) in [6, 6.07) is 8.18. The van der Waals surface area contributed by atoms with Crippen molar-refractivity contribution in [3.63, 3.8) is 0 Å². The molecule has 0 aliphatic carbocycles. The molecule has 1 aromatic heterocycles. The van der Waals surface area contributed by atoms with Gasteiger partial charge in [0.1, 0.15) is 11.5 Å². The van der Waals surface area contributed by atoms with Crippen LogP contribution in [-0.4, -0.2) is 4.98 Å². The van der Waals surface area contributed by atoms with Crippen LogP contribution in [-0.2, 0) is 11.3 Å². The van der Waals surface area contributed by atoms with Crippen LogP contribution in [0.5, 0.6) is 11.5 Å². The third-order valence-corrected chi connectivity index (χ3v) is 3.47. The first-order chi connectivity index (χ1) is 9.41. The zero-order chi connectivity index (χ0) is 14.8. The number of benzene rings is 1. The van der Waals surface area contributed by atoms with Crippen LogP contribution in [0.3, 0.4) is 0 Å². The van der Waals surface area contributed by atoms with E-state index in [0.717, 1.165) is 17.1 Å². The molecular weight excluding hydrogens is 270 g/mol. The van der Waals surface area contributed by atoms with Crippen LogP contribution in [0.25, 0.3) is 0 Å². The minimum atomic E-state index is 0.0202. The topological polar surface area (TPSA) is 22.1 Å². The van der Waals surface area contributed by atoms with Gasteiger partial charge in [0.05, 0.1) is 12.1 Å². The fourth-order valence-corrected chi connectivity index (χ4v) is 2.28. The van der Waals surface area contributed by atoms with Gasteiger partial charge < -0.3 is 4.74 Å². The summed E-state index contributed by atoms with van der Waals surface area (Å²) in [6.45, 7) is 8.59. The Balaban J connectivity index is 2.45. The predicted octanol–water partition coefficient (Wildman–Crippen LogP) is 5.22. The Morgan fingerprint density at radius 3 is 2.55 bits per heavy atom. The summed E-state index contributed by atoms with van der Waals surface area (Å²) in [5, 5.41) is 0. The maximum absolute atomic E-state index is 6.09. The molecule has 106 valence electrons. The Bertz CT molecular complexity index is 602. The number of nitrogens with zero attached hydrogens (tertiary/aromatic N) is 1. The van der Waals surface area contributed by atoms with Gasteiger partial charge >= 0.3 is 0 Å². The van der Waals surface area contributed by atoms with Gasteiger partial charge in [-0.15, -0.1) is 11.6 Å². The van der Waals surface area contributed by atoms with E-state index < -0.39 is 0 Å². The van der Waals surface area contributed by atoms with Gasteiger partial charge in [0.2, 0.25) is 0 Å². The Morgan fingerprint density at radius 2 is 1.90 bits per heavy atom. The molecule has 0 aliphatic rings. The summed E-state index contributed by atoms with van der Waals surface area (Å²) in [5.41, 5.74) is 3.31. The molecule has 0 saturated heterocycles. The van der Waals surface area contributed by atoms with E-state index in [0.29, 0.717) is 5.88 Å². The van der Waals surface area contributed by atoms with Gasteiger partial charge in [-0.2, -0.15) is 0 Å². The fraction of sp³-hybridized carbons (Fsp3) is 0.353. The summed E-state index contributed by atoms with van der Waals surface area (Å²) >= 11 is 5.95. The Morgan fingerprint density at radius 1 is 1.15 bits per heavy atom. The molecular formula is C17H20ClNO. The highest BCUT2D eigenvalue weighted by Gasteiger charge is 2.20. The average Bonchev–Trinajstić information content (AvgIpc) is 2.38. The van der Waals surface area contributed by atoms with Crippen LogP contribution in [0.1, 0.15) is 37.5 Å². The molecule has 0 atom stereocenters. The van der Waals surface area contributed by atoms with E-state index in [1.165, 1.54) is 11.1 Å². The van der Waals surface area contributed by atoms with Gasteiger partial charge in [0.15, 0.2) is 0 Å². The molecule has 0 N–H and O–H groups in total. The second kappa shape index (κ2) is 5.84. The summed E-state index contributed by atoms with van der Waals surface area (Å²) in [6.07, 6.45) is 3.44. The highest BCUT2D eigenvalue weighted by molar-refractivity contribution is 6.17. The van der Waals surface area contributed by atoms with E-state index >= 15 is 0 Å². The molecule has 0 amide bonds. The molecule has 0 radical (unpaired) electrons. The number of halogens is 1. The van der Waals surface area contributed by atoms with Crippen LogP contribution in [0, 0.1) is 6.92 Å². The van der Waals surface area contributed by atoms with Crippen LogP contribution in [0.2, 0.25) is 0 Å². The van der Waals surface area contributed by atoms with Crippen molar-refractivity contribution in [2.45, 2.75) is 39.0 Å². The van der Waals surface area contributed by atoms with Crippen LogP contribution >= 0.6 is 11.6 Å². The molecule has 2 nitrogen and oxygen atoms in total. The molecule has 0 fully saturated rings. The molecule has 20 heavy (non-hydrogen) atoms. The number of aryl methyl sites for hydroxylation is 1. The largest absolute Gasteiger partial charge is 0.455 e. The van der Waals surface area contributed by atoms with E-state index in [1.54, 1.807) is 12.4 Å². The normalized spacial score (nSPS) is 11.4. The number of aromatic nitrogens is 1. The number of ether oxygens (including phenoxy) is 1. The predicted molar refractivity (Wildman–Crippen MR) is 83.7 cm³/mol. The summed E-state index contributed by atoms with van der Waals surface area (Å²) in [5.74, 6) is 2.00. The molecule has 1 aromatic carbocycles. The molecule has 3 heteroatoms. The molecule has 0 saturated carbocycles. The lowest BCUT2D eigenvalue weighted by atomic mass is 9.86. The van der Waals surface area contributed by atoms with Crippen LogP contribution < -0.4 is 4.74 Å². The number of hydrogen-bond donors (Lipinski definition) is 0. The molecule has 2 aromatic rings. The molecule has 0 unspecified atom stereocenters. The highest BCUT2D eigenvalue weighted by Crippen LogP contribution is 2.35.